The van der Waals surface area contributed by atoms with Crippen molar-refractivity contribution in [3.8, 4) is 0 Å². The van der Waals surface area contributed by atoms with Crippen LogP contribution in [0.1, 0.15) is 29.8 Å². The van der Waals surface area contributed by atoms with E-state index in [0.29, 0.717) is 12.1 Å². The molecule has 0 fully saturated rings. The molecule has 0 saturated heterocycles. The molecule has 0 bridgehead atoms. The van der Waals surface area contributed by atoms with Crippen LogP contribution >= 0.6 is 24.0 Å². The molecule has 1 aromatic rings. The van der Waals surface area contributed by atoms with E-state index in [9.17, 15) is 4.79 Å². The topological polar surface area (TPSA) is 65.5 Å². The van der Waals surface area contributed by atoms with Crippen molar-refractivity contribution < 1.29 is 4.79 Å². The Morgan fingerprint density at radius 3 is 2.40 bits per heavy atom. The standard InChI is InChI=1S/C14H22N4O.HI/c1-4-16-14(17-5-2)18-10-11-7-6-8-12(9-11)13(19)15-3;/h6-9H,4-5,10H2,1-3H3,(H,15,19)(H2,16,17,18);1H. The predicted molar refractivity (Wildman–Crippen MR) is 93.7 cm³/mol. The monoisotopic (exact) mass is 390 g/mol. The summed E-state index contributed by atoms with van der Waals surface area (Å²) in [5.41, 5.74) is 1.66. The fraction of sp³-hybridized carbons (Fsp3) is 0.429. The zero-order chi connectivity index (χ0) is 14.1. The number of hydrogen-bond donors (Lipinski definition) is 3. The van der Waals surface area contributed by atoms with Gasteiger partial charge in [0.05, 0.1) is 6.54 Å². The van der Waals surface area contributed by atoms with Crippen molar-refractivity contribution >= 4 is 35.8 Å². The summed E-state index contributed by atoms with van der Waals surface area (Å²) in [6.07, 6.45) is 0. The third-order valence-electron chi connectivity index (χ3n) is 2.52. The maximum Gasteiger partial charge on any atom is 0.251 e. The van der Waals surface area contributed by atoms with Crippen molar-refractivity contribution in [3.05, 3.63) is 35.4 Å². The molecule has 0 atom stereocenters. The Hall–Kier alpha value is -1.31. The second-order valence-corrected chi connectivity index (χ2v) is 4.00. The molecule has 5 nitrogen and oxygen atoms in total. The first-order valence-corrected chi connectivity index (χ1v) is 6.54. The third kappa shape index (κ3) is 6.23. The van der Waals surface area contributed by atoms with E-state index in [2.05, 4.69) is 20.9 Å². The molecule has 0 spiro atoms. The molecule has 6 heteroatoms. The lowest BCUT2D eigenvalue weighted by atomic mass is 10.1. The SMILES string of the molecule is CCNC(=NCc1cccc(C(=O)NC)c1)NCC.I. The number of hydrogen-bond acceptors (Lipinski definition) is 2. The molecule has 0 heterocycles. The highest BCUT2D eigenvalue weighted by atomic mass is 127. The molecule has 0 aliphatic rings. The van der Waals surface area contributed by atoms with Crippen molar-refractivity contribution in [1.82, 2.24) is 16.0 Å². The molecule has 0 radical (unpaired) electrons. The van der Waals surface area contributed by atoms with Gasteiger partial charge < -0.3 is 16.0 Å². The van der Waals surface area contributed by atoms with Gasteiger partial charge in [-0.1, -0.05) is 12.1 Å². The quantitative estimate of drug-likeness (QED) is 0.408. The molecular formula is C14H23IN4O. The zero-order valence-corrected chi connectivity index (χ0v) is 14.5. The summed E-state index contributed by atoms with van der Waals surface area (Å²) in [6.45, 7) is 6.24. The van der Waals surface area contributed by atoms with Crippen molar-refractivity contribution in [3.63, 3.8) is 0 Å². The van der Waals surface area contributed by atoms with Crippen molar-refractivity contribution in [2.75, 3.05) is 20.1 Å². The van der Waals surface area contributed by atoms with Crippen LogP contribution < -0.4 is 16.0 Å². The van der Waals surface area contributed by atoms with Gasteiger partial charge >= 0.3 is 0 Å². The average molecular weight is 390 g/mol. The van der Waals surface area contributed by atoms with E-state index in [1.165, 1.54) is 0 Å². The Labute approximate surface area is 137 Å². The van der Waals surface area contributed by atoms with Gasteiger partial charge in [0.1, 0.15) is 0 Å². The summed E-state index contributed by atoms with van der Waals surface area (Å²) >= 11 is 0. The number of halogens is 1. The first-order chi connectivity index (χ1) is 9.21. The maximum atomic E-state index is 11.5. The van der Waals surface area contributed by atoms with E-state index in [1.807, 2.05) is 32.0 Å². The number of benzene rings is 1. The lowest BCUT2D eigenvalue weighted by Crippen LogP contribution is -2.36. The number of rotatable bonds is 5. The van der Waals surface area contributed by atoms with Gasteiger partial charge in [0.2, 0.25) is 0 Å². The molecular weight excluding hydrogens is 367 g/mol. The van der Waals surface area contributed by atoms with Gasteiger partial charge in [-0.25, -0.2) is 4.99 Å². The summed E-state index contributed by atoms with van der Waals surface area (Å²) < 4.78 is 0. The lowest BCUT2D eigenvalue weighted by Gasteiger charge is -2.09. The minimum atomic E-state index is -0.0792. The van der Waals surface area contributed by atoms with Crippen LogP contribution in [0.4, 0.5) is 0 Å². The summed E-state index contributed by atoms with van der Waals surface area (Å²) in [4.78, 5) is 16.0. The molecule has 0 aliphatic carbocycles. The van der Waals surface area contributed by atoms with Crippen molar-refractivity contribution in [2.45, 2.75) is 20.4 Å². The van der Waals surface area contributed by atoms with E-state index < -0.39 is 0 Å². The number of carbonyl (C=O) groups excluding carboxylic acids is 1. The number of carbonyl (C=O) groups is 1. The molecule has 1 amide bonds. The molecule has 0 saturated carbocycles. The minimum Gasteiger partial charge on any atom is -0.357 e. The van der Waals surface area contributed by atoms with Crippen molar-refractivity contribution in [1.29, 1.82) is 0 Å². The average Bonchev–Trinajstić information content (AvgIpc) is 2.44. The highest BCUT2D eigenvalue weighted by Crippen LogP contribution is 2.06. The molecule has 0 unspecified atom stereocenters. The van der Waals surface area contributed by atoms with Crippen LogP contribution in [0.5, 0.6) is 0 Å². The van der Waals surface area contributed by atoms with Crippen LogP contribution in [0.2, 0.25) is 0 Å². The first kappa shape index (κ1) is 18.7. The second kappa shape index (κ2) is 10.5. The van der Waals surface area contributed by atoms with Gasteiger partial charge in [0.15, 0.2) is 5.96 Å². The van der Waals surface area contributed by atoms with E-state index in [-0.39, 0.29) is 29.9 Å². The van der Waals surface area contributed by atoms with Crippen LogP contribution in [-0.2, 0) is 6.54 Å². The molecule has 1 rings (SSSR count). The summed E-state index contributed by atoms with van der Waals surface area (Å²) in [5, 5.41) is 8.94. The molecule has 20 heavy (non-hydrogen) atoms. The van der Waals surface area contributed by atoms with Crippen LogP contribution in [0.3, 0.4) is 0 Å². The van der Waals surface area contributed by atoms with Crippen LogP contribution in [0.25, 0.3) is 0 Å². The largest absolute Gasteiger partial charge is 0.357 e. The molecule has 3 N–H and O–H groups in total. The van der Waals surface area contributed by atoms with Gasteiger partial charge in [0.25, 0.3) is 5.91 Å². The molecule has 1 aromatic carbocycles. The fourth-order valence-electron chi connectivity index (χ4n) is 1.63. The van der Waals surface area contributed by atoms with E-state index in [4.69, 9.17) is 0 Å². The van der Waals surface area contributed by atoms with Gasteiger partial charge in [-0.2, -0.15) is 0 Å². The fourth-order valence-corrected chi connectivity index (χ4v) is 1.63. The Morgan fingerprint density at radius 1 is 1.20 bits per heavy atom. The van der Waals surface area contributed by atoms with Crippen LogP contribution in [-0.4, -0.2) is 32.0 Å². The summed E-state index contributed by atoms with van der Waals surface area (Å²) in [6, 6.07) is 7.49. The smallest absolute Gasteiger partial charge is 0.251 e. The summed E-state index contributed by atoms with van der Waals surface area (Å²) in [5.74, 6) is 0.708. The van der Waals surface area contributed by atoms with Crippen LogP contribution in [0, 0.1) is 0 Å². The predicted octanol–water partition coefficient (Wildman–Crippen LogP) is 1.74. The molecule has 0 aromatic heterocycles. The first-order valence-electron chi connectivity index (χ1n) is 6.54. The van der Waals surface area contributed by atoms with Gasteiger partial charge in [-0.05, 0) is 31.5 Å². The van der Waals surface area contributed by atoms with E-state index >= 15 is 0 Å². The third-order valence-corrected chi connectivity index (χ3v) is 2.52. The van der Waals surface area contributed by atoms with Gasteiger partial charge in [-0.15, -0.1) is 24.0 Å². The lowest BCUT2D eigenvalue weighted by molar-refractivity contribution is 0.0963. The second-order valence-electron chi connectivity index (χ2n) is 4.00. The highest BCUT2D eigenvalue weighted by molar-refractivity contribution is 14.0. The summed E-state index contributed by atoms with van der Waals surface area (Å²) in [7, 11) is 1.63. The zero-order valence-electron chi connectivity index (χ0n) is 12.2. The minimum absolute atomic E-state index is 0. The maximum absolute atomic E-state index is 11.5. The number of nitrogens with one attached hydrogen (secondary N) is 3. The van der Waals surface area contributed by atoms with E-state index in [0.717, 1.165) is 24.6 Å². The normalized spacial score (nSPS) is 9.15. The number of amides is 1. The highest BCUT2D eigenvalue weighted by Gasteiger charge is 2.03. The molecule has 112 valence electrons. The van der Waals surface area contributed by atoms with Gasteiger partial charge in [0, 0.05) is 25.7 Å². The number of guanidine groups is 1. The number of nitrogens with zero attached hydrogens (tertiary/aromatic N) is 1. The molecule has 0 aliphatic heterocycles. The Balaban J connectivity index is 0.00000361. The van der Waals surface area contributed by atoms with Crippen molar-refractivity contribution in [2.24, 2.45) is 4.99 Å². The van der Waals surface area contributed by atoms with Gasteiger partial charge in [-0.3, -0.25) is 4.79 Å². The Kier molecular flexibility index (Phi) is 9.79. The Bertz CT molecular complexity index is 441. The number of aliphatic imine (C=N–C) groups is 1. The van der Waals surface area contributed by atoms with Crippen LogP contribution in [0.15, 0.2) is 29.3 Å². The van der Waals surface area contributed by atoms with E-state index in [1.54, 1.807) is 13.1 Å². The Morgan fingerprint density at radius 2 is 1.85 bits per heavy atom.